The molecule has 12 nitrogen and oxygen atoms in total. The SMILES string of the molecule is CCOc1cc(/C=N\NC(=O)C(=O)NCCc2ccc(OC)c(OC)c2)ccc1OCC(=O)Nc1cccc(OC)c1. The van der Waals surface area contributed by atoms with Gasteiger partial charge in [-0.3, -0.25) is 14.4 Å². The standard InChI is InChI=1S/C30H34N4O8/c1-5-41-27-16-21(10-12-25(27)42-19-28(35)33-22-7-6-8-23(17-22)38-2)18-32-34-30(37)29(36)31-14-13-20-9-11-24(39-3)26(15-20)40-4/h6-12,15-18H,5,13-14,19H2,1-4H3,(H,31,36)(H,33,35)(H,34,37)/b32-18-. The summed E-state index contributed by atoms with van der Waals surface area (Å²) in [4.78, 5) is 36.6. The van der Waals surface area contributed by atoms with Gasteiger partial charge < -0.3 is 34.3 Å². The molecule has 0 fully saturated rings. The Morgan fingerprint density at radius 2 is 1.60 bits per heavy atom. The van der Waals surface area contributed by atoms with Crippen LogP contribution in [-0.4, -0.2) is 65.0 Å². The first kappa shape index (κ1) is 31.3. The van der Waals surface area contributed by atoms with E-state index in [0.717, 1.165) is 5.56 Å². The zero-order valence-electron chi connectivity index (χ0n) is 23.9. The van der Waals surface area contributed by atoms with Crippen molar-refractivity contribution in [1.82, 2.24) is 10.7 Å². The molecular weight excluding hydrogens is 544 g/mol. The molecule has 0 aliphatic heterocycles. The van der Waals surface area contributed by atoms with Crippen LogP contribution in [0.3, 0.4) is 0 Å². The fraction of sp³-hybridized carbons (Fsp3) is 0.267. The van der Waals surface area contributed by atoms with Crippen LogP contribution < -0.4 is 39.7 Å². The number of benzene rings is 3. The number of anilines is 1. The summed E-state index contributed by atoms with van der Waals surface area (Å²) in [6.45, 7) is 2.15. The second-order valence-corrected chi connectivity index (χ2v) is 8.60. The van der Waals surface area contributed by atoms with Gasteiger partial charge in [0.2, 0.25) is 0 Å². The van der Waals surface area contributed by atoms with E-state index in [1.165, 1.54) is 6.21 Å². The van der Waals surface area contributed by atoms with E-state index in [2.05, 4.69) is 21.2 Å². The van der Waals surface area contributed by atoms with Gasteiger partial charge in [0.1, 0.15) is 5.75 Å². The number of amides is 3. The van der Waals surface area contributed by atoms with Gasteiger partial charge >= 0.3 is 11.8 Å². The summed E-state index contributed by atoms with van der Waals surface area (Å²) in [6.07, 6.45) is 1.84. The predicted octanol–water partition coefficient (Wildman–Crippen LogP) is 2.94. The third-order valence-electron chi connectivity index (χ3n) is 5.71. The number of hydrogen-bond acceptors (Lipinski definition) is 9. The quantitative estimate of drug-likeness (QED) is 0.150. The Bertz CT molecular complexity index is 1410. The fourth-order valence-corrected chi connectivity index (χ4v) is 3.69. The van der Waals surface area contributed by atoms with Crippen LogP contribution in [-0.2, 0) is 20.8 Å². The van der Waals surface area contributed by atoms with Crippen molar-refractivity contribution in [3.63, 3.8) is 0 Å². The van der Waals surface area contributed by atoms with Crippen molar-refractivity contribution in [2.45, 2.75) is 13.3 Å². The van der Waals surface area contributed by atoms with Crippen LogP contribution in [0.2, 0.25) is 0 Å². The molecule has 0 aromatic heterocycles. The van der Waals surface area contributed by atoms with Crippen LogP contribution in [0.4, 0.5) is 5.69 Å². The smallest absolute Gasteiger partial charge is 0.329 e. The maximum Gasteiger partial charge on any atom is 0.329 e. The van der Waals surface area contributed by atoms with Crippen LogP contribution in [0.25, 0.3) is 0 Å². The van der Waals surface area contributed by atoms with Gasteiger partial charge in [0.15, 0.2) is 29.6 Å². The minimum atomic E-state index is -0.911. The van der Waals surface area contributed by atoms with Crippen LogP contribution in [0.1, 0.15) is 18.1 Å². The zero-order chi connectivity index (χ0) is 30.3. The van der Waals surface area contributed by atoms with Gasteiger partial charge in [0, 0.05) is 18.3 Å². The lowest BCUT2D eigenvalue weighted by Crippen LogP contribution is -2.38. The number of carbonyl (C=O) groups is 3. The summed E-state index contributed by atoms with van der Waals surface area (Å²) in [5.74, 6) is 0.446. The summed E-state index contributed by atoms with van der Waals surface area (Å²) in [6, 6.07) is 17.3. The first-order valence-electron chi connectivity index (χ1n) is 13.0. The first-order chi connectivity index (χ1) is 20.4. The number of methoxy groups -OCH3 is 3. The van der Waals surface area contributed by atoms with Crippen molar-refractivity contribution in [2.75, 3.05) is 46.4 Å². The predicted molar refractivity (Wildman–Crippen MR) is 157 cm³/mol. The lowest BCUT2D eigenvalue weighted by Gasteiger charge is -2.13. The number of carbonyl (C=O) groups excluding carboxylic acids is 3. The molecule has 0 aliphatic rings. The van der Waals surface area contributed by atoms with Crippen molar-refractivity contribution in [1.29, 1.82) is 0 Å². The van der Waals surface area contributed by atoms with Crippen LogP contribution in [0.5, 0.6) is 28.7 Å². The number of rotatable bonds is 14. The Labute approximate surface area is 243 Å². The Hall–Kier alpha value is -5.26. The topological polar surface area (TPSA) is 146 Å². The molecule has 3 aromatic carbocycles. The fourth-order valence-electron chi connectivity index (χ4n) is 3.69. The summed E-state index contributed by atoms with van der Waals surface area (Å²) < 4.78 is 26.9. The minimum absolute atomic E-state index is 0.238. The Kier molecular flexibility index (Phi) is 12.0. The molecule has 3 amide bonds. The van der Waals surface area contributed by atoms with Gasteiger partial charge in [0.25, 0.3) is 5.91 Å². The molecule has 12 heteroatoms. The van der Waals surface area contributed by atoms with Crippen molar-refractivity contribution < 1.29 is 38.1 Å². The van der Waals surface area contributed by atoms with Crippen LogP contribution in [0, 0.1) is 0 Å². The largest absolute Gasteiger partial charge is 0.497 e. The highest BCUT2D eigenvalue weighted by Crippen LogP contribution is 2.29. The van der Waals surface area contributed by atoms with E-state index in [0.29, 0.717) is 53.0 Å². The van der Waals surface area contributed by atoms with E-state index in [-0.39, 0.29) is 19.1 Å². The number of hydrazone groups is 1. The molecule has 0 spiro atoms. The van der Waals surface area contributed by atoms with Crippen molar-refractivity contribution in [3.8, 4) is 28.7 Å². The van der Waals surface area contributed by atoms with Crippen molar-refractivity contribution in [3.05, 3.63) is 71.8 Å². The maximum atomic E-state index is 12.3. The lowest BCUT2D eigenvalue weighted by atomic mass is 10.1. The van der Waals surface area contributed by atoms with E-state index in [9.17, 15) is 14.4 Å². The van der Waals surface area contributed by atoms with E-state index in [4.69, 9.17) is 23.7 Å². The second kappa shape index (κ2) is 16.1. The average molecular weight is 579 g/mol. The van der Waals surface area contributed by atoms with Gasteiger partial charge in [-0.1, -0.05) is 12.1 Å². The third-order valence-corrected chi connectivity index (χ3v) is 5.71. The monoisotopic (exact) mass is 578 g/mol. The van der Waals surface area contributed by atoms with E-state index in [1.54, 1.807) is 75.9 Å². The Balaban J connectivity index is 1.48. The molecule has 42 heavy (non-hydrogen) atoms. The summed E-state index contributed by atoms with van der Waals surface area (Å²) in [7, 11) is 4.64. The molecule has 3 N–H and O–H groups in total. The molecule has 3 rings (SSSR count). The molecule has 0 bridgehead atoms. The number of ether oxygens (including phenoxy) is 5. The minimum Gasteiger partial charge on any atom is -0.497 e. The van der Waals surface area contributed by atoms with Gasteiger partial charge in [0.05, 0.1) is 34.2 Å². The summed E-state index contributed by atoms with van der Waals surface area (Å²) in [5.41, 5.74) is 4.25. The molecule has 0 saturated carbocycles. The highest BCUT2D eigenvalue weighted by atomic mass is 16.5. The van der Waals surface area contributed by atoms with E-state index in [1.807, 2.05) is 13.0 Å². The second-order valence-electron chi connectivity index (χ2n) is 8.60. The first-order valence-corrected chi connectivity index (χ1v) is 13.0. The summed E-state index contributed by atoms with van der Waals surface area (Å²) >= 11 is 0. The molecule has 0 aliphatic carbocycles. The molecule has 0 radical (unpaired) electrons. The third kappa shape index (κ3) is 9.44. The van der Waals surface area contributed by atoms with E-state index >= 15 is 0 Å². The lowest BCUT2D eigenvalue weighted by molar-refractivity contribution is -0.139. The Morgan fingerprint density at radius 1 is 0.810 bits per heavy atom. The number of hydrogen-bond donors (Lipinski definition) is 3. The molecule has 0 unspecified atom stereocenters. The average Bonchev–Trinajstić information content (AvgIpc) is 3.00. The van der Waals surface area contributed by atoms with Crippen LogP contribution in [0.15, 0.2) is 65.8 Å². The molecule has 3 aromatic rings. The highest BCUT2D eigenvalue weighted by molar-refractivity contribution is 6.35. The molecular formula is C30H34N4O8. The van der Waals surface area contributed by atoms with Gasteiger partial charge in [-0.25, -0.2) is 5.43 Å². The molecule has 0 saturated heterocycles. The highest BCUT2D eigenvalue weighted by Gasteiger charge is 2.13. The maximum absolute atomic E-state index is 12.3. The Morgan fingerprint density at radius 3 is 2.33 bits per heavy atom. The molecule has 0 heterocycles. The van der Waals surface area contributed by atoms with Crippen molar-refractivity contribution in [2.24, 2.45) is 5.10 Å². The molecule has 222 valence electrons. The van der Waals surface area contributed by atoms with Crippen LogP contribution >= 0.6 is 0 Å². The zero-order valence-corrected chi connectivity index (χ0v) is 23.9. The van der Waals surface area contributed by atoms with Crippen molar-refractivity contribution >= 4 is 29.6 Å². The van der Waals surface area contributed by atoms with E-state index < -0.39 is 11.8 Å². The number of nitrogens with zero attached hydrogens (tertiary/aromatic N) is 1. The molecule has 0 atom stereocenters. The van der Waals surface area contributed by atoms with Gasteiger partial charge in [-0.2, -0.15) is 5.10 Å². The van der Waals surface area contributed by atoms with Gasteiger partial charge in [-0.15, -0.1) is 0 Å². The normalized spacial score (nSPS) is 10.5. The number of nitrogens with one attached hydrogen (secondary N) is 3. The summed E-state index contributed by atoms with van der Waals surface area (Å²) in [5, 5.41) is 9.14. The van der Waals surface area contributed by atoms with Gasteiger partial charge in [-0.05, 0) is 66.9 Å².